The minimum atomic E-state index is -1.00. The van der Waals surface area contributed by atoms with Crippen LogP contribution in [0.5, 0.6) is 5.75 Å². The Kier molecular flexibility index (Phi) is 8.04. The number of amides is 3. The van der Waals surface area contributed by atoms with E-state index in [-0.39, 0.29) is 17.1 Å². The van der Waals surface area contributed by atoms with Gasteiger partial charge in [0.1, 0.15) is 24.7 Å². The number of carbonyl (C=O) groups excluding carboxylic acids is 3. The molecule has 8 nitrogen and oxygen atoms in total. The van der Waals surface area contributed by atoms with E-state index in [2.05, 4.69) is 21.2 Å². The second kappa shape index (κ2) is 11.4. The van der Waals surface area contributed by atoms with E-state index in [0.29, 0.717) is 21.5 Å². The van der Waals surface area contributed by atoms with Gasteiger partial charge in [0.05, 0.1) is 14.9 Å². The normalized spacial score (nSPS) is 14.2. The first-order valence-corrected chi connectivity index (χ1v) is 12.4. The Balaban J connectivity index is 1.37. The van der Waals surface area contributed by atoms with Crippen molar-refractivity contribution in [3.05, 3.63) is 98.6 Å². The Morgan fingerprint density at radius 2 is 1.76 bits per heavy atom. The highest BCUT2D eigenvalue weighted by atomic mass is 79.9. The molecular formula is C26H18BrFN2O6S. The molecule has 37 heavy (non-hydrogen) atoms. The number of hydrogen-bond donors (Lipinski definition) is 2. The van der Waals surface area contributed by atoms with Gasteiger partial charge in [0.15, 0.2) is 0 Å². The lowest BCUT2D eigenvalue weighted by atomic mass is 10.1. The highest BCUT2D eigenvalue weighted by Gasteiger charge is 2.36. The number of hydrogen-bond acceptors (Lipinski definition) is 6. The molecule has 0 atom stereocenters. The van der Waals surface area contributed by atoms with Crippen LogP contribution in [0.2, 0.25) is 0 Å². The zero-order valence-electron chi connectivity index (χ0n) is 18.9. The highest BCUT2D eigenvalue weighted by molar-refractivity contribution is 9.10. The second-order valence-corrected chi connectivity index (χ2v) is 9.65. The first-order valence-electron chi connectivity index (χ1n) is 10.7. The van der Waals surface area contributed by atoms with Gasteiger partial charge in [0, 0.05) is 5.69 Å². The lowest BCUT2D eigenvalue weighted by molar-refractivity contribution is -0.127. The summed E-state index contributed by atoms with van der Waals surface area (Å²) in [5, 5.41) is 10.9. The van der Waals surface area contributed by atoms with E-state index >= 15 is 0 Å². The third-order valence-corrected chi connectivity index (χ3v) is 6.68. The van der Waals surface area contributed by atoms with Crippen molar-refractivity contribution >= 4 is 62.5 Å². The molecule has 0 bridgehead atoms. The molecule has 2 N–H and O–H groups in total. The Morgan fingerprint density at radius 1 is 1.05 bits per heavy atom. The summed E-state index contributed by atoms with van der Waals surface area (Å²) in [6.45, 7) is -0.250. The Labute approximate surface area is 223 Å². The van der Waals surface area contributed by atoms with Gasteiger partial charge in [0.25, 0.3) is 11.1 Å². The molecule has 1 aliphatic heterocycles. The van der Waals surface area contributed by atoms with Gasteiger partial charge in [0.2, 0.25) is 5.91 Å². The topological polar surface area (TPSA) is 113 Å². The molecule has 1 saturated heterocycles. The monoisotopic (exact) mass is 584 g/mol. The van der Waals surface area contributed by atoms with Crippen molar-refractivity contribution in [2.24, 2.45) is 0 Å². The van der Waals surface area contributed by atoms with Gasteiger partial charge >= 0.3 is 5.97 Å². The molecule has 188 valence electrons. The fourth-order valence-corrected chi connectivity index (χ4v) is 4.64. The van der Waals surface area contributed by atoms with Gasteiger partial charge < -0.3 is 15.2 Å². The minimum absolute atomic E-state index is 0.165. The molecular weight excluding hydrogens is 567 g/mol. The molecule has 0 unspecified atom stereocenters. The zero-order chi connectivity index (χ0) is 26.5. The van der Waals surface area contributed by atoms with E-state index in [0.717, 1.165) is 22.2 Å². The molecule has 1 heterocycles. The average molecular weight is 585 g/mol. The van der Waals surface area contributed by atoms with Crippen LogP contribution in [0.25, 0.3) is 6.08 Å². The third-order valence-electron chi connectivity index (χ3n) is 5.15. The maximum Gasteiger partial charge on any atom is 0.335 e. The number of ether oxygens (including phenoxy) is 1. The molecule has 1 fully saturated rings. The number of aromatic carboxylic acids is 1. The SMILES string of the molecule is O=C(CN1C(=O)S/C(=C\c2ccc(OCc3ccc(C(=O)O)cc3)c(Br)c2)C1=O)Nc1ccc(F)cc1. The quantitative estimate of drug-likeness (QED) is 0.334. The average Bonchev–Trinajstić information content (AvgIpc) is 3.12. The first kappa shape index (κ1) is 26.1. The van der Waals surface area contributed by atoms with Crippen molar-refractivity contribution in [2.45, 2.75) is 6.61 Å². The van der Waals surface area contributed by atoms with Gasteiger partial charge in [-0.25, -0.2) is 9.18 Å². The second-order valence-electron chi connectivity index (χ2n) is 7.80. The minimum Gasteiger partial charge on any atom is -0.488 e. The number of carbonyl (C=O) groups is 4. The van der Waals surface area contributed by atoms with Crippen LogP contribution in [0.15, 0.2) is 76.1 Å². The van der Waals surface area contributed by atoms with Crippen LogP contribution < -0.4 is 10.1 Å². The fraction of sp³-hybridized carbons (Fsp3) is 0.0769. The van der Waals surface area contributed by atoms with Crippen LogP contribution in [0, 0.1) is 5.82 Å². The summed E-state index contributed by atoms with van der Waals surface area (Å²) in [4.78, 5) is 49.3. The molecule has 4 rings (SSSR count). The van der Waals surface area contributed by atoms with Crippen molar-refractivity contribution in [2.75, 3.05) is 11.9 Å². The summed E-state index contributed by atoms with van der Waals surface area (Å²) < 4.78 is 19.4. The molecule has 0 aromatic heterocycles. The van der Waals surface area contributed by atoms with Gasteiger partial charge in [-0.3, -0.25) is 19.3 Å². The van der Waals surface area contributed by atoms with E-state index in [4.69, 9.17) is 9.84 Å². The van der Waals surface area contributed by atoms with Crippen LogP contribution in [0.1, 0.15) is 21.5 Å². The Morgan fingerprint density at radius 3 is 2.41 bits per heavy atom. The fourth-order valence-electron chi connectivity index (χ4n) is 3.29. The van der Waals surface area contributed by atoms with Crippen LogP contribution in [0.3, 0.4) is 0 Å². The lowest BCUT2D eigenvalue weighted by Crippen LogP contribution is -2.36. The maximum atomic E-state index is 13.0. The summed E-state index contributed by atoms with van der Waals surface area (Å²) in [7, 11) is 0. The van der Waals surface area contributed by atoms with E-state index in [1.807, 2.05) is 0 Å². The van der Waals surface area contributed by atoms with E-state index < -0.39 is 35.4 Å². The third kappa shape index (κ3) is 6.63. The number of halogens is 2. The van der Waals surface area contributed by atoms with Crippen molar-refractivity contribution < 1.29 is 33.4 Å². The van der Waals surface area contributed by atoms with Gasteiger partial charge in [-0.1, -0.05) is 18.2 Å². The molecule has 3 amide bonds. The molecule has 0 saturated carbocycles. The van der Waals surface area contributed by atoms with Crippen LogP contribution in [0.4, 0.5) is 14.9 Å². The van der Waals surface area contributed by atoms with Crippen molar-refractivity contribution in [3.8, 4) is 5.75 Å². The van der Waals surface area contributed by atoms with E-state index in [1.165, 1.54) is 36.4 Å². The Hall–Kier alpha value is -3.96. The van der Waals surface area contributed by atoms with Crippen LogP contribution in [-0.2, 0) is 16.2 Å². The molecule has 0 radical (unpaired) electrons. The number of carboxylic acids is 1. The van der Waals surface area contributed by atoms with E-state index in [1.54, 1.807) is 36.4 Å². The van der Waals surface area contributed by atoms with Gasteiger partial charge in [-0.15, -0.1) is 0 Å². The van der Waals surface area contributed by atoms with Crippen molar-refractivity contribution in [1.82, 2.24) is 4.90 Å². The molecule has 0 aliphatic carbocycles. The largest absolute Gasteiger partial charge is 0.488 e. The number of rotatable bonds is 8. The molecule has 11 heteroatoms. The smallest absolute Gasteiger partial charge is 0.335 e. The standard InChI is InChI=1S/C26H18BrFN2O6S/c27-20-11-16(3-10-21(20)36-14-15-1-4-17(5-2-15)25(33)34)12-22-24(32)30(26(35)37-22)13-23(31)29-19-8-6-18(28)7-9-19/h1-12H,13-14H2,(H,29,31)(H,33,34)/b22-12-. The van der Waals surface area contributed by atoms with Crippen LogP contribution >= 0.6 is 27.7 Å². The number of thioether (sulfide) groups is 1. The molecule has 1 aliphatic rings. The number of nitrogens with zero attached hydrogens (tertiary/aromatic N) is 1. The molecule has 0 spiro atoms. The number of imide groups is 1. The number of benzene rings is 3. The number of carboxylic acid groups (broad SMARTS) is 1. The molecule has 3 aromatic rings. The van der Waals surface area contributed by atoms with Gasteiger partial charge in [-0.2, -0.15) is 0 Å². The van der Waals surface area contributed by atoms with E-state index in [9.17, 15) is 23.6 Å². The summed E-state index contributed by atoms with van der Waals surface area (Å²) in [5.74, 6) is -2.10. The maximum absolute atomic E-state index is 13.0. The molecule has 3 aromatic carbocycles. The van der Waals surface area contributed by atoms with Crippen molar-refractivity contribution in [1.29, 1.82) is 0 Å². The van der Waals surface area contributed by atoms with Crippen LogP contribution in [-0.4, -0.2) is 39.6 Å². The van der Waals surface area contributed by atoms with Crippen molar-refractivity contribution in [3.63, 3.8) is 0 Å². The first-order chi connectivity index (χ1) is 17.7. The summed E-state index contributed by atoms with van der Waals surface area (Å²) in [5.41, 5.74) is 1.95. The zero-order valence-corrected chi connectivity index (χ0v) is 21.3. The summed E-state index contributed by atoms with van der Waals surface area (Å²) in [6, 6.07) is 16.6. The Bertz CT molecular complexity index is 1410. The van der Waals surface area contributed by atoms with Gasteiger partial charge in [-0.05, 0) is 93.4 Å². The summed E-state index contributed by atoms with van der Waals surface area (Å²) in [6.07, 6.45) is 1.54. The number of anilines is 1. The number of nitrogens with one attached hydrogen (secondary N) is 1. The lowest BCUT2D eigenvalue weighted by Gasteiger charge is -2.12. The summed E-state index contributed by atoms with van der Waals surface area (Å²) >= 11 is 4.16. The predicted octanol–water partition coefficient (Wildman–Crippen LogP) is 5.54. The predicted molar refractivity (Wildman–Crippen MR) is 140 cm³/mol. The highest BCUT2D eigenvalue weighted by Crippen LogP contribution is 2.34.